The van der Waals surface area contributed by atoms with Gasteiger partial charge < -0.3 is 0 Å². The van der Waals surface area contributed by atoms with Crippen molar-refractivity contribution in [3.05, 3.63) is 34.3 Å². The van der Waals surface area contributed by atoms with E-state index in [-0.39, 0.29) is 10.2 Å². The van der Waals surface area contributed by atoms with Crippen molar-refractivity contribution in [2.45, 2.75) is 0 Å². The van der Waals surface area contributed by atoms with Gasteiger partial charge in [0.2, 0.25) is 0 Å². The second kappa shape index (κ2) is 3.09. The van der Waals surface area contributed by atoms with Crippen molar-refractivity contribution in [3.63, 3.8) is 0 Å². The maximum atomic E-state index is 12.9. The predicted molar refractivity (Wildman–Crippen MR) is 49.5 cm³/mol. The smallest absolute Gasteiger partial charge is 0.148 e. The van der Waals surface area contributed by atoms with Crippen molar-refractivity contribution >= 4 is 34.2 Å². The molecule has 0 saturated heterocycles. The van der Waals surface area contributed by atoms with Crippen LogP contribution in [0.4, 0.5) is 4.39 Å². The summed E-state index contributed by atoms with van der Waals surface area (Å²) in [6.07, 6.45) is 1.39. The third-order valence-corrected chi connectivity index (χ3v) is 2.03. The molecule has 1 aromatic carbocycles. The molecule has 0 atom stereocenters. The summed E-state index contributed by atoms with van der Waals surface area (Å²) in [7, 11) is 0. The molecule has 0 aliphatic rings. The van der Waals surface area contributed by atoms with E-state index in [1.165, 1.54) is 18.3 Å². The van der Waals surface area contributed by atoms with Crippen molar-refractivity contribution in [2.24, 2.45) is 0 Å². The zero-order valence-electron chi connectivity index (χ0n) is 6.26. The Kier molecular flexibility index (Phi) is 2.06. The number of aromatic nitrogens is 2. The lowest BCUT2D eigenvalue weighted by atomic mass is 10.3. The number of halogens is 3. The Hall–Kier alpha value is -0.930. The lowest BCUT2D eigenvalue weighted by Gasteiger charge is -1.98. The predicted octanol–water partition coefficient (Wildman–Crippen LogP) is 3.08. The van der Waals surface area contributed by atoms with Crippen LogP contribution in [-0.4, -0.2) is 9.97 Å². The van der Waals surface area contributed by atoms with Crippen LogP contribution in [0, 0.1) is 5.82 Å². The average molecular weight is 217 g/mol. The van der Waals surface area contributed by atoms with Gasteiger partial charge in [-0.05, 0) is 6.07 Å². The Morgan fingerprint density at radius 1 is 1.15 bits per heavy atom. The van der Waals surface area contributed by atoms with Crippen LogP contribution in [0.2, 0.25) is 10.2 Å². The van der Waals surface area contributed by atoms with Crippen LogP contribution in [0.15, 0.2) is 18.3 Å². The molecule has 0 saturated carbocycles. The van der Waals surface area contributed by atoms with Crippen LogP contribution < -0.4 is 0 Å². The first-order valence-corrected chi connectivity index (χ1v) is 4.20. The molecule has 0 amide bonds. The third-order valence-electron chi connectivity index (χ3n) is 1.55. The van der Waals surface area contributed by atoms with Gasteiger partial charge in [0.15, 0.2) is 0 Å². The van der Waals surface area contributed by atoms with E-state index in [9.17, 15) is 4.39 Å². The Bertz CT molecular complexity index is 473. The second-order valence-electron chi connectivity index (χ2n) is 2.45. The van der Waals surface area contributed by atoms with E-state index in [0.29, 0.717) is 11.0 Å². The van der Waals surface area contributed by atoms with Gasteiger partial charge in [0.1, 0.15) is 11.0 Å². The van der Waals surface area contributed by atoms with E-state index in [2.05, 4.69) is 9.97 Å². The Morgan fingerprint density at radius 3 is 2.69 bits per heavy atom. The van der Waals surface area contributed by atoms with Gasteiger partial charge in [0, 0.05) is 6.07 Å². The first-order chi connectivity index (χ1) is 6.16. The van der Waals surface area contributed by atoms with Gasteiger partial charge in [-0.15, -0.1) is 0 Å². The van der Waals surface area contributed by atoms with E-state index in [4.69, 9.17) is 23.2 Å². The lowest BCUT2D eigenvalue weighted by molar-refractivity contribution is 0.629. The lowest BCUT2D eigenvalue weighted by Crippen LogP contribution is -1.86. The van der Waals surface area contributed by atoms with E-state index >= 15 is 0 Å². The molecule has 0 bridgehead atoms. The highest BCUT2D eigenvalue weighted by Crippen LogP contribution is 2.20. The molecule has 2 rings (SSSR count). The Morgan fingerprint density at radius 2 is 1.92 bits per heavy atom. The summed E-state index contributed by atoms with van der Waals surface area (Å²) < 4.78 is 12.9. The fraction of sp³-hybridized carbons (Fsp3) is 0. The third kappa shape index (κ3) is 1.57. The molecular formula is C8H3Cl2FN2. The van der Waals surface area contributed by atoms with E-state index in [0.717, 1.165) is 0 Å². The first-order valence-electron chi connectivity index (χ1n) is 3.44. The normalized spacial score (nSPS) is 10.7. The standard InChI is InChI=1S/C8H3Cl2FN2/c9-4-1-6-7(2-5(4)11)13-8(10)3-12-6/h1-3H. The van der Waals surface area contributed by atoms with Gasteiger partial charge in [0.25, 0.3) is 0 Å². The van der Waals surface area contributed by atoms with Gasteiger partial charge in [-0.1, -0.05) is 23.2 Å². The van der Waals surface area contributed by atoms with Crippen molar-refractivity contribution in [1.82, 2.24) is 9.97 Å². The van der Waals surface area contributed by atoms with Gasteiger partial charge in [-0.3, -0.25) is 4.98 Å². The SMILES string of the molecule is Fc1cc2nc(Cl)cnc2cc1Cl. The van der Waals surface area contributed by atoms with Crippen LogP contribution in [0.5, 0.6) is 0 Å². The Balaban J connectivity index is 2.81. The molecule has 66 valence electrons. The summed E-state index contributed by atoms with van der Waals surface area (Å²) in [5.74, 6) is -0.522. The minimum atomic E-state index is -0.522. The number of hydrogen-bond acceptors (Lipinski definition) is 2. The summed E-state index contributed by atoms with van der Waals surface area (Å²) in [4.78, 5) is 7.82. The quantitative estimate of drug-likeness (QED) is 0.677. The zero-order chi connectivity index (χ0) is 9.42. The fourth-order valence-electron chi connectivity index (χ4n) is 0.986. The van der Waals surface area contributed by atoms with Gasteiger partial charge in [0.05, 0.1) is 22.3 Å². The molecule has 1 heterocycles. The minimum absolute atomic E-state index is 0.0316. The fourth-order valence-corrected chi connectivity index (χ4v) is 1.28. The van der Waals surface area contributed by atoms with E-state index in [1.807, 2.05) is 0 Å². The van der Waals surface area contributed by atoms with Gasteiger partial charge in [-0.2, -0.15) is 0 Å². The second-order valence-corrected chi connectivity index (χ2v) is 3.24. The summed E-state index contributed by atoms with van der Waals surface area (Å²) in [5, 5.41) is 0.262. The van der Waals surface area contributed by atoms with Crippen LogP contribution in [0.1, 0.15) is 0 Å². The largest absolute Gasteiger partial charge is 0.251 e. The van der Waals surface area contributed by atoms with Crippen LogP contribution >= 0.6 is 23.2 Å². The molecule has 13 heavy (non-hydrogen) atoms. The van der Waals surface area contributed by atoms with Crippen molar-refractivity contribution in [1.29, 1.82) is 0 Å². The molecule has 0 fully saturated rings. The van der Waals surface area contributed by atoms with Crippen molar-refractivity contribution in [2.75, 3.05) is 0 Å². The summed E-state index contributed by atoms with van der Waals surface area (Å²) in [5.41, 5.74) is 0.921. The average Bonchev–Trinajstić information content (AvgIpc) is 2.08. The molecule has 2 nitrogen and oxygen atoms in total. The molecule has 2 aromatic rings. The zero-order valence-corrected chi connectivity index (χ0v) is 7.77. The molecule has 0 aliphatic heterocycles. The molecule has 0 radical (unpaired) electrons. The van der Waals surface area contributed by atoms with Crippen molar-refractivity contribution < 1.29 is 4.39 Å². The number of fused-ring (bicyclic) bond motifs is 1. The molecule has 0 unspecified atom stereocenters. The highest BCUT2D eigenvalue weighted by Gasteiger charge is 2.04. The van der Waals surface area contributed by atoms with Gasteiger partial charge in [-0.25, -0.2) is 9.37 Å². The van der Waals surface area contributed by atoms with Gasteiger partial charge >= 0.3 is 0 Å². The molecule has 0 aliphatic carbocycles. The molecule has 0 N–H and O–H groups in total. The van der Waals surface area contributed by atoms with Crippen LogP contribution in [0.25, 0.3) is 11.0 Å². The molecule has 0 spiro atoms. The van der Waals surface area contributed by atoms with Crippen molar-refractivity contribution in [3.8, 4) is 0 Å². The van der Waals surface area contributed by atoms with Crippen LogP contribution in [-0.2, 0) is 0 Å². The first kappa shape index (κ1) is 8.66. The number of hydrogen-bond donors (Lipinski definition) is 0. The number of nitrogens with zero attached hydrogens (tertiary/aromatic N) is 2. The summed E-state index contributed by atoms with van der Waals surface area (Å²) in [6.45, 7) is 0. The molecular weight excluding hydrogens is 214 g/mol. The number of rotatable bonds is 0. The Labute approximate surface area is 83.3 Å². The number of benzene rings is 1. The maximum Gasteiger partial charge on any atom is 0.148 e. The molecule has 1 aromatic heterocycles. The highest BCUT2D eigenvalue weighted by atomic mass is 35.5. The van der Waals surface area contributed by atoms with E-state index in [1.54, 1.807) is 0 Å². The minimum Gasteiger partial charge on any atom is -0.251 e. The monoisotopic (exact) mass is 216 g/mol. The van der Waals surface area contributed by atoms with E-state index < -0.39 is 5.82 Å². The van der Waals surface area contributed by atoms with Crippen LogP contribution in [0.3, 0.4) is 0 Å². The maximum absolute atomic E-state index is 12.9. The summed E-state index contributed by atoms with van der Waals surface area (Å²) in [6, 6.07) is 2.62. The summed E-state index contributed by atoms with van der Waals surface area (Å²) >= 11 is 11.1. The molecule has 5 heteroatoms. The topological polar surface area (TPSA) is 25.8 Å². The highest BCUT2D eigenvalue weighted by molar-refractivity contribution is 6.31.